The number of aliphatic carboxylic acids is 1. The standard InChI is InChI=1S/C14H27N3O3/c1-4-10(2)12(13(18)19)16-14(20)15-9-11-7-5-6-8-17(11)3/h10-12H,4-9H2,1-3H3,(H,18,19)(H2,15,16,20)/t10?,11?,12-/m0/s1. The number of likely N-dealkylation sites (tertiary alicyclic amines) is 1. The summed E-state index contributed by atoms with van der Waals surface area (Å²) in [7, 11) is 2.06. The van der Waals surface area contributed by atoms with E-state index in [4.69, 9.17) is 5.11 Å². The SMILES string of the molecule is CCC(C)[C@H](NC(=O)NCC1CCCCN1C)C(=O)O. The second-order valence-corrected chi connectivity index (χ2v) is 5.69. The van der Waals surface area contributed by atoms with E-state index < -0.39 is 18.0 Å². The summed E-state index contributed by atoms with van der Waals surface area (Å²) in [5.41, 5.74) is 0. The quantitative estimate of drug-likeness (QED) is 0.686. The Morgan fingerprint density at radius 2 is 2.10 bits per heavy atom. The Morgan fingerprint density at radius 3 is 2.65 bits per heavy atom. The number of carboxylic acid groups (broad SMARTS) is 1. The molecule has 3 N–H and O–H groups in total. The lowest BCUT2D eigenvalue weighted by molar-refractivity contribution is -0.140. The first-order valence-electron chi connectivity index (χ1n) is 7.43. The van der Waals surface area contributed by atoms with Crippen molar-refractivity contribution >= 4 is 12.0 Å². The fraction of sp³-hybridized carbons (Fsp3) is 0.857. The molecule has 1 aliphatic rings. The minimum absolute atomic E-state index is 0.0874. The molecule has 116 valence electrons. The molecule has 0 aromatic rings. The predicted octanol–water partition coefficient (Wildman–Crippen LogP) is 1.27. The fourth-order valence-corrected chi connectivity index (χ4v) is 2.49. The molecule has 0 aromatic carbocycles. The van der Waals surface area contributed by atoms with Gasteiger partial charge in [-0.15, -0.1) is 0 Å². The minimum atomic E-state index is -0.982. The molecule has 2 unspecified atom stereocenters. The first-order chi connectivity index (χ1) is 9.45. The zero-order valence-corrected chi connectivity index (χ0v) is 12.7. The molecular formula is C14H27N3O3. The number of urea groups is 1. The average Bonchev–Trinajstić information content (AvgIpc) is 2.42. The smallest absolute Gasteiger partial charge is 0.326 e. The van der Waals surface area contributed by atoms with E-state index in [-0.39, 0.29) is 5.92 Å². The zero-order valence-electron chi connectivity index (χ0n) is 12.7. The van der Waals surface area contributed by atoms with Gasteiger partial charge in [0.05, 0.1) is 0 Å². The second-order valence-electron chi connectivity index (χ2n) is 5.69. The second kappa shape index (κ2) is 8.09. The number of nitrogens with zero attached hydrogens (tertiary/aromatic N) is 1. The van der Waals surface area contributed by atoms with Gasteiger partial charge in [0.2, 0.25) is 0 Å². The number of hydrogen-bond donors (Lipinski definition) is 3. The van der Waals surface area contributed by atoms with E-state index in [2.05, 4.69) is 22.6 Å². The number of piperidine rings is 1. The highest BCUT2D eigenvalue weighted by Crippen LogP contribution is 2.14. The molecule has 0 aromatic heterocycles. The van der Waals surface area contributed by atoms with Crippen molar-refractivity contribution in [2.75, 3.05) is 20.1 Å². The van der Waals surface area contributed by atoms with Crippen molar-refractivity contribution in [1.29, 1.82) is 0 Å². The van der Waals surface area contributed by atoms with Crippen molar-refractivity contribution in [3.63, 3.8) is 0 Å². The number of carbonyl (C=O) groups is 2. The summed E-state index contributed by atoms with van der Waals surface area (Å²) in [5.74, 6) is -1.07. The molecule has 0 aliphatic carbocycles. The van der Waals surface area contributed by atoms with E-state index >= 15 is 0 Å². The van der Waals surface area contributed by atoms with Crippen LogP contribution in [-0.2, 0) is 4.79 Å². The summed E-state index contributed by atoms with van der Waals surface area (Å²) in [5, 5.41) is 14.5. The highest BCUT2D eigenvalue weighted by molar-refractivity contribution is 5.82. The molecule has 1 heterocycles. The van der Waals surface area contributed by atoms with Gasteiger partial charge in [-0.25, -0.2) is 9.59 Å². The number of amides is 2. The summed E-state index contributed by atoms with van der Waals surface area (Å²) >= 11 is 0. The normalized spacial score (nSPS) is 22.9. The van der Waals surface area contributed by atoms with Crippen molar-refractivity contribution in [3.8, 4) is 0 Å². The lowest BCUT2D eigenvalue weighted by Gasteiger charge is -2.32. The number of carbonyl (C=O) groups excluding carboxylic acids is 1. The maximum absolute atomic E-state index is 11.8. The molecule has 6 heteroatoms. The Kier molecular flexibility index (Phi) is 6.78. The van der Waals surface area contributed by atoms with Crippen LogP contribution in [0.1, 0.15) is 39.5 Å². The summed E-state index contributed by atoms with van der Waals surface area (Å²) in [6.45, 7) is 5.36. The lowest BCUT2D eigenvalue weighted by Crippen LogP contribution is -2.52. The molecular weight excluding hydrogens is 258 g/mol. The third-order valence-electron chi connectivity index (χ3n) is 4.19. The first kappa shape index (κ1) is 16.8. The molecule has 2 amide bonds. The Labute approximate surface area is 120 Å². The maximum Gasteiger partial charge on any atom is 0.326 e. The van der Waals surface area contributed by atoms with Gasteiger partial charge in [-0.05, 0) is 32.4 Å². The number of carboxylic acids is 1. The van der Waals surface area contributed by atoms with Gasteiger partial charge >= 0.3 is 12.0 Å². The summed E-state index contributed by atoms with van der Waals surface area (Å²) in [6, 6.07) is -0.873. The molecule has 20 heavy (non-hydrogen) atoms. The van der Waals surface area contributed by atoms with Gasteiger partial charge in [-0.2, -0.15) is 0 Å². The van der Waals surface area contributed by atoms with Crippen molar-refractivity contribution in [1.82, 2.24) is 15.5 Å². The van der Waals surface area contributed by atoms with Crippen LogP contribution in [0.25, 0.3) is 0 Å². The van der Waals surface area contributed by atoms with E-state index in [0.717, 1.165) is 13.0 Å². The van der Waals surface area contributed by atoms with Gasteiger partial charge < -0.3 is 20.6 Å². The van der Waals surface area contributed by atoms with E-state index in [1.165, 1.54) is 12.8 Å². The van der Waals surface area contributed by atoms with Gasteiger partial charge in [0, 0.05) is 12.6 Å². The summed E-state index contributed by atoms with van der Waals surface area (Å²) in [6.07, 6.45) is 4.17. The highest BCUT2D eigenvalue weighted by Gasteiger charge is 2.26. The predicted molar refractivity (Wildman–Crippen MR) is 77.7 cm³/mol. The van der Waals surface area contributed by atoms with E-state index in [1.807, 2.05) is 13.8 Å². The Balaban J connectivity index is 2.39. The minimum Gasteiger partial charge on any atom is -0.480 e. The van der Waals surface area contributed by atoms with Crippen LogP contribution in [0.3, 0.4) is 0 Å². The fourth-order valence-electron chi connectivity index (χ4n) is 2.49. The average molecular weight is 285 g/mol. The Morgan fingerprint density at radius 1 is 1.40 bits per heavy atom. The summed E-state index contributed by atoms with van der Waals surface area (Å²) in [4.78, 5) is 25.2. The van der Waals surface area contributed by atoms with Crippen LogP contribution in [-0.4, -0.2) is 54.2 Å². The van der Waals surface area contributed by atoms with Crippen LogP contribution in [0.5, 0.6) is 0 Å². The molecule has 0 spiro atoms. The zero-order chi connectivity index (χ0) is 15.1. The van der Waals surface area contributed by atoms with Crippen LogP contribution in [0, 0.1) is 5.92 Å². The van der Waals surface area contributed by atoms with Gasteiger partial charge in [0.1, 0.15) is 6.04 Å². The maximum atomic E-state index is 11.8. The third-order valence-corrected chi connectivity index (χ3v) is 4.19. The Hall–Kier alpha value is -1.30. The highest BCUT2D eigenvalue weighted by atomic mass is 16.4. The van der Waals surface area contributed by atoms with Gasteiger partial charge in [0.25, 0.3) is 0 Å². The van der Waals surface area contributed by atoms with Crippen LogP contribution >= 0.6 is 0 Å². The molecule has 0 bridgehead atoms. The topological polar surface area (TPSA) is 81.7 Å². The third kappa shape index (κ3) is 5.00. The molecule has 1 rings (SSSR count). The van der Waals surface area contributed by atoms with Crippen LogP contribution in [0.4, 0.5) is 4.79 Å². The molecule has 1 saturated heterocycles. The lowest BCUT2D eigenvalue weighted by atomic mass is 9.99. The molecule has 0 radical (unpaired) electrons. The molecule has 6 nitrogen and oxygen atoms in total. The van der Waals surface area contributed by atoms with Crippen molar-refractivity contribution in [3.05, 3.63) is 0 Å². The monoisotopic (exact) mass is 285 g/mol. The van der Waals surface area contributed by atoms with E-state index in [0.29, 0.717) is 19.0 Å². The molecule has 3 atom stereocenters. The molecule has 1 fully saturated rings. The number of nitrogens with one attached hydrogen (secondary N) is 2. The van der Waals surface area contributed by atoms with Gasteiger partial charge in [-0.1, -0.05) is 26.7 Å². The summed E-state index contributed by atoms with van der Waals surface area (Å²) < 4.78 is 0. The number of rotatable bonds is 6. The first-order valence-corrected chi connectivity index (χ1v) is 7.43. The van der Waals surface area contributed by atoms with Crippen molar-refractivity contribution < 1.29 is 14.7 Å². The molecule has 1 aliphatic heterocycles. The Bertz CT molecular complexity index is 336. The largest absolute Gasteiger partial charge is 0.480 e. The van der Waals surface area contributed by atoms with Crippen molar-refractivity contribution in [2.45, 2.75) is 51.6 Å². The number of likely N-dealkylation sites (N-methyl/N-ethyl adjacent to an activating group) is 1. The van der Waals surface area contributed by atoms with Crippen LogP contribution in [0.15, 0.2) is 0 Å². The van der Waals surface area contributed by atoms with E-state index in [9.17, 15) is 9.59 Å². The number of hydrogen-bond acceptors (Lipinski definition) is 3. The van der Waals surface area contributed by atoms with E-state index in [1.54, 1.807) is 0 Å². The van der Waals surface area contributed by atoms with Crippen LogP contribution in [0.2, 0.25) is 0 Å². The van der Waals surface area contributed by atoms with Gasteiger partial charge in [0.15, 0.2) is 0 Å². The van der Waals surface area contributed by atoms with Gasteiger partial charge in [-0.3, -0.25) is 0 Å². The van der Waals surface area contributed by atoms with Crippen molar-refractivity contribution in [2.24, 2.45) is 5.92 Å². The van der Waals surface area contributed by atoms with Crippen LogP contribution < -0.4 is 10.6 Å². The molecule has 0 saturated carbocycles.